The van der Waals surface area contributed by atoms with Gasteiger partial charge >= 0.3 is 18.4 Å². The molecular formula is C24H19F6N5O3. The van der Waals surface area contributed by atoms with Gasteiger partial charge in [0.25, 0.3) is 5.91 Å². The molecular weight excluding hydrogens is 520 g/mol. The Labute approximate surface area is 211 Å². The van der Waals surface area contributed by atoms with Gasteiger partial charge in [-0.05, 0) is 36.4 Å². The molecule has 200 valence electrons. The summed E-state index contributed by atoms with van der Waals surface area (Å²) in [7, 11) is 0. The lowest BCUT2D eigenvalue weighted by Gasteiger charge is -2.35. The summed E-state index contributed by atoms with van der Waals surface area (Å²) >= 11 is 0. The minimum atomic E-state index is -4.66. The number of carbonyl (C=O) groups is 2. The Morgan fingerprint density at radius 3 is 2.16 bits per heavy atom. The Morgan fingerprint density at radius 1 is 0.816 bits per heavy atom. The largest absolute Gasteiger partial charge is 0.418 e. The third-order valence-electron chi connectivity index (χ3n) is 5.61. The Morgan fingerprint density at radius 2 is 1.53 bits per heavy atom. The molecule has 0 saturated carbocycles. The summed E-state index contributed by atoms with van der Waals surface area (Å²) in [5.41, 5.74) is -2.48. The number of benzene rings is 2. The molecule has 0 radical (unpaired) electrons. The smallest absolute Gasteiger partial charge is 0.389 e. The van der Waals surface area contributed by atoms with E-state index in [1.807, 2.05) is 0 Å². The van der Waals surface area contributed by atoms with Gasteiger partial charge in [-0.25, -0.2) is 4.79 Å². The number of hydrogen-bond acceptors (Lipinski definition) is 6. The molecule has 1 aromatic heterocycles. The molecule has 0 bridgehead atoms. The summed E-state index contributed by atoms with van der Waals surface area (Å²) in [5.74, 6) is -0.562. The fourth-order valence-corrected chi connectivity index (χ4v) is 3.77. The minimum Gasteiger partial charge on any atom is -0.389 e. The first-order valence-electron chi connectivity index (χ1n) is 11.1. The molecule has 2 amide bonds. The fourth-order valence-electron chi connectivity index (χ4n) is 3.77. The SMILES string of the molecule is O=C(Nc1cccc(C(F)(F)F)c1)Oc1ccc(N2CCN(C(=O)c3ccccc3C(F)(F)F)CC2)nn1. The van der Waals surface area contributed by atoms with Crippen LogP contribution in [-0.2, 0) is 12.4 Å². The summed E-state index contributed by atoms with van der Waals surface area (Å²) in [5, 5.41) is 9.90. The van der Waals surface area contributed by atoms with Gasteiger partial charge in [-0.2, -0.15) is 26.3 Å². The summed E-state index contributed by atoms with van der Waals surface area (Å²) < 4.78 is 83.2. The molecule has 0 aliphatic carbocycles. The van der Waals surface area contributed by atoms with E-state index in [0.717, 1.165) is 30.3 Å². The van der Waals surface area contributed by atoms with Crippen LogP contribution < -0.4 is 15.0 Å². The molecule has 3 aromatic rings. The molecule has 14 heteroatoms. The number of halogens is 6. The van der Waals surface area contributed by atoms with Gasteiger partial charge in [0.1, 0.15) is 0 Å². The lowest BCUT2D eigenvalue weighted by molar-refractivity contribution is -0.138. The van der Waals surface area contributed by atoms with Crippen molar-refractivity contribution >= 4 is 23.5 Å². The van der Waals surface area contributed by atoms with Crippen LogP contribution in [0.2, 0.25) is 0 Å². The van der Waals surface area contributed by atoms with Crippen LogP contribution >= 0.6 is 0 Å². The number of carbonyl (C=O) groups excluding carboxylic acids is 2. The molecule has 1 N–H and O–H groups in total. The third-order valence-corrected chi connectivity index (χ3v) is 5.61. The fraction of sp³-hybridized carbons (Fsp3) is 0.250. The zero-order chi connectivity index (χ0) is 27.5. The number of piperazine rings is 1. The van der Waals surface area contributed by atoms with Crippen molar-refractivity contribution in [1.29, 1.82) is 0 Å². The van der Waals surface area contributed by atoms with Crippen molar-refractivity contribution in [2.24, 2.45) is 0 Å². The zero-order valence-electron chi connectivity index (χ0n) is 19.4. The number of hydrogen-bond donors (Lipinski definition) is 1. The molecule has 0 atom stereocenters. The molecule has 2 heterocycles. The van der Waals surface area contributed by atoms with Crippen LogP contribution in [0.15, 0.2) is 60.7 Å². The zero-order valence-corrected chi connectivity index (χ0v) is 19.4. The van der Waals surface area contributed by atoms with Gasteiger partial charge in [0.05, 0.1) is 16.7 Å². The van der Waals surface area contributed by atoms with E-state index in [9.17, 15) is 35.9 Å². The maximum absolute atomic E-state index is 13.3. The lowest BCUT2D eigenvalue weighted by Crippen LogP contribution is -2.49. The number of aromatic nitrogens is 2. The predicted octanol–water partition coefficient (Wildman–Crippen LogP) is 5.09. The number of amides is 2. The van der Waals surface area contributed by atoms with Crippen molar-refractivity contribution in [1.82, 2.24) is 15.1 Å². The van der Waals surface area contributed by atoms with Gasteiger partial charge < -0.3 is 14.5 Å². The van der Waals surface area contributed by atoms with Crippen molar-refractivity contribution in [3.63, 3.8) is 0 Å². The predicted molar refractivity (Wildman–Crippen MR) is 123 cm³/mol. The first kappa shape index (κ1) is 26.7. The molecule has 1 saturated heterocycles. The number of anilines is 2. The van der Waals surface area contributed by atoms with Gasteiger partial charge in [0, 0.05) is 37.9 Å². The van der Waals surface area contributed by atoms with Crippen LogP contribution in [0.5, 0.6) is 5.88 Å². The highest BCUT2D eigenvalue weighted by Crippen LogP contribution is 2.33. The number of ether oxygens (including phenoxy) is 1. The van der Waals surface area contributed by atoms with E-state index in [1.54, 1.807) is 4.90 Å². The van der Waals surface area contributed by atoms with Crippen molar-refractivity contribution in [2.75, 3.05) is 36.4 Å². The topological polar surface area (TPSA) is 87.7 Å². The number of nitrogens with one attached hydrogen (secondary N) is 1. The Kier molecular flexibility index (Phi) is 7.41. The van der Waals surface area contributed by atoms with Crippen LogP contribution in [0.25, 0.3) is 0 Å². The van der Waals surface area contributed by atoms with Gasteiger partial charge in [-0.15, -0.1) is 10.2 Å². The van der Waals surface area contributed by atoms with E-state index < -0.39 is 41.0 Å². The lowest BCUT2D eigenvalue weighted by atomic mass is 10.1. The van der Waals surface area contributed by atoms with Gasteiger partial charge in [-0.3, -0.25) is 10.1 Å². The van der Waals surface area contributed by atoms with E-state index in [2.05, 4.69) is 15.5 Å². The van der Waals surface area contributed by atoms with Crippen LogP contribution in [0.4, 0.5) is 42.6 Å². The molecule has 0 spiro atoms. The highest BCUT2D eigenvalue weighted by atomic mass is 19.4. The standard InChI is InChI=1S/C24H19F6N5O3/c25-23(26,27)15-4-3-5-16(14-15)31-22(37)38-20-9-8-19(32-33-20)34-10-12-35(13-11-34)21(36)17-6-1-2-7-18(17)24(28,29)30/h1-9,14H,10-13H2,(H,31,37). The molecule has 4 rings (SSSR count). The highest BCUT2D eigenvalue weighted by molar-refractivity contribution is 5.96. The second-order valence-corrected chi connectivity index (χ2v) is 8.15. The van der Waals surface area contributed by atoms with E-state index >= 15 is 0 Å². The van der Waals surface area contributed by atoms with Gasteiger partial charge in [0.2, 0.25) is 5.88 Å². The Hall–Kier alpha value is -4.36. The number of rotatable bonds is 4. The Bertz CT molecular complexity index is 1310. The molecule has 1 fully saturated rings. The Balaban J connectivity index is 1.32. The van der Waals surface area contributed by atoms with E-state index in [4.69, 9.17) is 4.74 Å². The monoisotopic (exact) mass is 539 g/mol. The summed E-state index contributed by atoms with van der Waals surface area (Å²) in [4.78, 5) is 27.8. The van der Waals surface area contributed by atoms with E-state index in [-0.39, 0.29) is 37.7 Å². The molecule has 0 unspecified atom stereocenters. The van der Waals surface area contributed by atoms with Crippen molar-refractivity contribution in [3.8, 4) is 5.88 Å². The summed E-state index contributed by atoms with van der Waals surface area (Å²) in [6.45, 7) is 0.824. The minimum absolute atomic E-state index is 0.125. The highest BCUT2D eigenvalue weighted by Gasteiger charge is 2.36. The van der Waals surface area contributed by atoms with Crippen molar-refractivity contribution < 1.29 is 40.7 Å². The molecule has 2 aromatic carbocycles. The third kappa shape index (κ3) is 6.30. The van der Waals surface area contributed by atoms with Crippen LogP contribution in [0.1, 0.15) is 21.5 Å². The van der Waals surface area contributed by atoms with E-state index in [0.29, 0.717) is 5.82 Å². The van der Waals surface area contributed by atoms with Crippen LogP contribution in [0.3, 0.4) is 0 Å². The first-order valence-corrected chi connectivity index (χ1v) is 11.1. The molecule has 8 nitrogen and oxygen atoms in total. The number of nitrogens with zero attached hydrogens (tertiary/aromatic N) is 4. The molecule has 38 heavy (non-hydrogen) atoms. The molecule has 1 aliphatic heterocycles. The molecule has 1 aliphatic rings. The van der Waals surface area contributed by atoms with Crippen molar-refractivity contribution in [3.05, 3.63) is 77.4 Å². The maximum Gasteiger partial charge on any atom is 0.418 e. The van der Waals surface area contributed by atoms with Crippen LogP contribution in [-0.4, -0.2) is 53.3 Å². The normalized spacial score (nSPS) is 14.3. The average Bonchev–Trinajstić information content (AvgIpc) is 2.88. The summed E-state index contributed by atoms with van der Waals surface area (Å²) in [6.07, 6.45) is -10.3. The quantitative estimate of drug-likeness (QED) is 0.465. The second kappa shape index (κ2) is 10.6. The van der Waals surface area contributed by atoms with Gasteiger partial charge in [0.15, 0.2) is 5.82 Å². The average molecular weight is 539 g/mol. The number of alkyl halides is 6. The van der Waals surface area contributed by atoms with Crippen LogP contribution in [0, 0.1) is 0 Å². The first-order chi connectivity index (χ1) is 17.9. The van der Waals surface area contributed by atoms with Crippen molar-refractivity contribution in [2.45, 2.75) is 12.4 Å². The van der Waals surface area contributed by atoms with E-state index in [1.165, 1.54) is 35.2 Å². The summed E-state index contributed by atoms with van der Waals surface area (Å²) in [6, 6.07) is 11.4. The second-order valence-electron chi connectivity index (χ2n) is 8.15. The maximum atomic E-state index is 13.3. The van der Waals surface area contributed by atoms with Gasteiger partial charge in [-0.1, -0.05) is 18.2 Å².